The van der Waals surface area contributed by atoms with Crippen LogP contribution in [0.4, 0.5) is 34.8 Å². The highest BCUT2D eigenvalue weighted by Crippen LogP contribution is 2.37. The zero-order valence-corrected chi connectivity index (χ0v) is 78.6. The predicted molar refractivity (Wildman–Crippen MR) is 531 cm³/mol. The van der Waals surface area contributed by atoms with Gasteiger partial charge in [0.25, 0.3) is 0 Å². The first-order valence-electron chi connectivity index (χ1n) is 49.5. The normalized spacial score (nSPS) is 17.3. The topological polar surface area (TPSA) is 382 Å². The van der Waals surface area contributed by atoms with Crippen LogP contribution in [0.15, 0.2) is 134 Å². The van der Waals surface area contributed by atoms with Crippen molar-refractivity contribution in [2.45, 2.75) is 301 Å². The number of likely N-dealkylation sites (tertiary alicyclic amines) is 1. The van der Waals surface area contributed by atoms with E-state index < -0.39 is 10.0 Å². The highest BCUT2D eigenvalue weighted by Gasteiger charge is 2.29. The number of nitrogen functional groups attached to an aromatic ring is 1. The minimum atomic E-state index is -3.06. The molecule has 1 amide bonds. The fourth-order valence-corrected chi connectivity index (χ4v) is 21.7. The molecule has 7 aliphatic rings. The smallest absolute Gasteiger partial charge is 0.219 e. The number of nitrogens with zero attached hydrogens (tertiary/aromatic N) is 13. The quantitative estimate of drug-likeness (QED) is 0.0203. The molecule has 13 aromatic rings. The number of Topliss-reactive ketones (excluding diaryl/α,β-unsaturated/α-hetero) is 1. The Balaban J connectivity index is 0.000000121. The van der Waals surface area contributed by atoms with Crippen LogP contribution in [0.2, 0.25) is 0 Å². The summed E-state index contributed by atoms with van der Waals surface area (Å²) in [5.74, 6) is 6.51. The van der Waals surface area contributed by atoms with Gasteiger partial charge in [-0.25, -0.2) is 37.6 Å². The Labute approximate surface area is 777 Å². The Morgan fingerprint density at radius 3 is 0.977 bits per heavy atom. The molecule has 13 heterocycles. The first-order valence-corrected chi connectivity index (χ1v) is 51.4. The molecule has 11 aromatic heterocycles. The summed E-state index contributed by atoms with van der Waals surface area (Å²) in [4.78, 5) is 52.0. The van der Waals surface area contributed by atoms with Crippen molar-refractivity contribution in [1.82, 2.24) is 90.1 Å². The summed E-state index contributed by atoms with van der Waals surface area (Å²) >= 11 is 0. The molecular formula is C103H138N24O4S. The number of nitrogens with one attached hydrogen (secondary N) is 10. The first-order chi connectivity index (χ1) is 64.6. The molecule has 29 heteroatoms. The molecular weight excluding hydrogens is 1670 g/mol. The van der Waals surface area contributed by atoms with Crippen LogP contribution in [-0.2, 0) is 77.4 Å². The van der Waals surface area contributed by atoms with Gasteiger partial charge in [0.15, 0.2) is 0 Å². The Bertz CT molecular complexity index is 5940. The molecule has 7 fully saturated rings. The van der Waals surface area contributed by atoms with E-state index in [1.54, 1.807) is 18.2 Å². The number of sulfonamides is 1. The summed E-state index contributed by atoms with van der Waals surface area (Å²) < 4.78 is 25.0. The highest BCUT2D eigenvalue weighted by molar-refractivity contribution is 7.88. The number of aryl methyl sites for hydroxylation is 8. The monoisotopic (exact) mass is 1810 g/mol. The molecule has 5 saturated carbocycles. The number of carbonyl (C=O) groups is 2. The second-order valence-corrected chi connectivity index (χ2v) is 40.1. The third kappa shape index (κ3) is 26.1. The van der Waals surface area contributed by atoms with E-state index in [-0.39, 0.29) is 11.7 Å². The number of aromatic amines is 5. The summed E-state index contributed by atoms with van der Waals surface area (Å²) in [6.07, 6.45) is 60.4. The van der Waals surface area contributed by atoms with Crippen LogP contribution in [0, 0.1) is 11.8 Å². The van der Waals surface area contributed by atoms with Gasteiger partial charge in [0.2, 0.25) is 15.9 Å². The molecule has 0 unspecified atom stereocenters. The fourth-order valence-electron chi connectivity index (χ4n) is 20.8. The van der Waals surface area contributed by atoms with Crippen LogP contribution in [0.5, 0.6) is 0 Å². The number of fused-ring (bicyclic) bond motifs is 5. The molecule has 700 valence electrons. The van der Waals surface area contributed by atoms with Crippen molar-refractivity contribution in [3.63, 3.8) is 0 Å². The summed E-state index contributed by atoms with van der Waals surface area (Å²) in [5, 5.41) is 62.6. The van der Waals surface area contributed by atoms with E-state index in [1.165, 1.54) is 195 Å². The molecule has 12 N–H and O–H groups in total. The number of pyridine rings is 6. The van der Waals surface area contributed by atoms with Gasteiger partial charge in [-0.1, -0.05) is 133 Å². The molecule has 132 heavy (non-hydrogen) atoms. The number of benzene rings is 2. The molecule has 28 nitrogen and oxygen atoms in total. The fraction of sp³-hybridized carbons (Fsp3) is 0.524. The number of hydrogen-bond donors (Lipinski definition) is 11. The SMILES string of the molecule is CC(=O)Cc1cccc(CCc2[nH]nc3ccnc(NC4CCCCC4)c23)c1.CC(=O)N1CCC(CCc2[nH]nc3ccnc(NC4CCCCC4)c23)CC1.CS(=O)(=O)N1CCC(CCc2[nH]nc3ccnc(NC4CCCCC4)c23)CC1.Nc1cccc(CCc2[nH]nc3ccnc(NC4CCCCC4)c23)c1.c1cc(CCc2[nH]nc3ccnc(NC4CCCCC4)c23)ccn1. The minimum Gasteiger partial charge on any atom is -0.399 e. The van der Waals surface area contributed by atoms with Crippen molar-refractivity contribution >= 4 is 111 Å². The van der Waals surface area contributed by atoms with E-state index in [0.717, 1.165) is 215 Å². The van der Waals surface area contributed by atoms with E-state index in [2.05, 4.69) is 138 Å². The standard InChI is InChI=1S/C23H28N4O.C21H31N5O.C20H31N5O2S.C20H25N5.C19H23N5/c1-16(28)14-18-7-5-6-17(15-18)10-11-20-22-21(27-26-20)12-13-24-23(22)25-19-8-3-2-4-9-19;1-15(27)26-13-10-16(11-14-26)7-8-18-20-19(25-24-18)9-12-22-21(20)23-17-5-3-2-4-6-17;1-28(26,27)25-13-10-15(11-14-25)7-8-17-19-18(24-23-17)9-12-21-20(19)22-16-5-3-2-4-6-16;21-15-6-4-5-14(13-15)9-10-17-19-18(25-24-17)11-12-22-20(19)23-16-7-2-1-3-8-16;1-2-4-15(5-3-1)22-19-18-16(23-24-17(18)10-13-21-19)7-6-14-8-11-20-12-9-14/h5-7,12-13,15,19H,2-4,8-11,14H2,1H3,(H,24,25)(H,26,27);9,12,16-17H,2-8,10-11,13-14H2,1H3,(H,22,23)(H,24,25);9,12,15-16H,2-8,10-11,13-14H2,1H3,(H,21,22)(H,23,24);4-6,11-13,16H,1-3,7-10,21H2,(H,22,23)(H,24,25);8-13,15H,1-7H2,(H,21,22)(H,23,24). The lowest BCUT2D eigenvalue weighted by Gasteiger charge is -2.31. The number of amides is 1. The van der Waals surface area contributed by atoms with Gasteiger partial charge in [0, 0.05) is 147 Å². The summed E-state index contributed by atoms with van der Waals surface area (Å²) in [6, 6.07) is 33.1. The number of aromatic nitrogens is 16. The van der Waals surface area contributed by atoms with Gasteiger partial charge in [-0.2, -0.15) is 25.5 Å². The van der Waals surface area contributed by atoms with Gasteiger partial charge in [-0.05, 0) is 250 Å². The van der Waals surface area contributed by atoms with Crippen LogP contribution in [0.1, 0.15) is 264 Å². The molecule has 0 bridgehead atoms. The van der Waals surface area contributed by atoms with Crippen molar-refractivity contribution in [3.8, 4) is 0 Å². The highest BCUT2D eigenvalue weighted by atomic mass is 32.2. The Hall–Kier alpha value is -11.5. The predicted octanol–water partition coefficient (Wildman–Crippen LogP) is 19.8. The lowest BCUT2D eigenvalue weighted by Crippen LogP contribution is -2.37. The lowest BCUT2D eigenvalue weighted by molar-refractivity contribution is -0.130. The third-order valence-corrected chi connectivity index (χ3v) is 29.6. The Kier molecular flexibility index (Phi) is 33.2. The van der Waals surface area contributed by atoms with Crippen LogP contribution in [-0.4, -0.2) is 173 Å². The molecule has 0 radical (unpaired) electrons. The van der Waals surface area contributed by atoms with E-state index in [9.17, 15) is 18.0 Å². The third-order valence-electron chi connectivity index (χ3n) is 28.3. The van der Waals surface area contributed by atoms with E-state index in [1.807, 2.05) is 109 Å². The van der Waals surface area contributed by atoms with Crippen LogP contribution in [0.25, 0.3) is 54.5 Å². The second-order valence-electron chi connectivity index (χ2n) is 38.1. The molecule has 2 saturated heterocycles. The number of piperidine rings is 2. The molecule has 0 spiro atoms. The van der Waals surface area contributed by atoms with E-state index >= 15 is 0 Å². The average molecular weight is 1810 g/mol. The number of ketones is 1. The van der Waals surface area contributed by atoms with Gasteiger partial charge in [-0.15, -0.1) is 0 Å². The lowest BCUT2D eigenvalue weighted by atomic mass is 9.91. The van der Waals surface area contributed by atoms with Gasteiger partial charge >= 0.3 is 0 Å². The van der Waals surface area contributed by atoms with Gasteiger partial charge in [0.1, 0.15) is 34.9 Å². The summed E-state index contributed by atoms with van der Waals surface area (Å²) in [7, 11) is -3.06. The maximum absolute atomic E-state index is 11.7. The molecule has 5 aliphatic carbocycles. The number of nitrogens with two attached hydrogens (primary N) is 1. The minimum absolute atomic E-state index is 0.196. The van der Waals surface area contributed by atoms with Crippen LogP contribution in [0.3, 0.4) is 0 Å². The van der Waals surface area contributed by atoms with Crippen LogP contribution >= 0.6 is 0 Å². The van der Waals surface area contributed by atoms with E-state index in [4.69, 9.17) is 5.73 Å². The van der Waals surface area contributed by atoms with Gasteiger partial charge < -0.3 is 37.2 Å². The Morgan fingerprint density at radius 2 is 0.659 bits per heavy atom. The number of anilines is 6. The zero-order chi connectivity index (χ0) is 90.8. The van der Waals surface area contributed by atoms with Crippen molar-refractivity contribution in [2.75, 3.05) is 64.8 Å². The Morgan fingerprint density at radius 1 is 0.356 bits per heavy atom. The molecule has 2 aliphatic heterocycles. The summed E-state index contributed by atoms with van der Waals surface area (Å²) in [6.45, 7) is 6.40. The van der Waals surface area contributed by atoms with E-state index in [0.29, 0.717) is 61.6 Å². The number of H-pyrrole nitrogens is 5. The maximum Gasteiger partial charge on any atom is 0.219 e. The van der Waals surface area contributed by atoms with Gasteiger partial charge in [-0.3, -0.25) is 40.1 Å². The number of hydrogen-bond acceptors (Lipinski definition) is 21. The van der Waals surface area contributed by atoms with Crippen molar-refractivity contribution in [1.29, 1.82) is 0 Å². The first kappa shape index (κ1) is 93.8. The molecule has 20 rings (SSSR count). The van der Waals surface area contributed by atoms with Gasteiger partial charge in [0.05, 0.1) is 60.8 Å². The molecule has 2 aromatic carbocycles. The van der Waals surface area contributed by atoms with Crippen molar-refractivity contribution in [3.05, 3.63) is 185 Å². The number of carbonyl (C=O) groups excluding carboxylic acids is 2. The summed E-state index contributed by atoms with van der Waals surface area (Å²) in [5.41, 5.74) is 22.2. The van der Waals surface area contributed by atoms with Crippen LogP contribution < -0.4 is 32.3 Å². The van der Waals surface area contributed by atoms with Crippen molar-refractivity contribution < 1.29 is 18.0 Å². The zero-order valence-electron chi connectivity index (χ0n) is 77.8. The average Bonchev–Trinajstić information content (AvgIpc) is 1.67. The van der Waals surface area contributed by atoms with Crippen molar-refractivity contribution in [2.24, 2.45) is 11.8 Å². The second kappa shape index (κ2) is 46.8. The molecule has 0 atom stereocenters. The maximum atomic E-state index is 11.7. The number of rotatable bonds is 28. The largest absolute Gasteiger partial charge is 0.399 e.